The molecule has 2 rings (SSSR count). The highest BCUT2D eigenvalue weighted by molar-refractivity contribution is 9.10. The lowest BCUT2D eigenvalue weighted by molar-refractivity contribution is 0.102. The molecule has 6 heteroatoms. The highest BCUT2D eigenvalue weighted by Crippen LogP contribution is 2.25. The van der Waals surface area contributed by atoms with Crippen LogP contribution in [0.5, 0.6) is 0 Å². The van der Waals surface area contributed by atoms with Crippen LogP contribution in [-0.4, -0.2) is 5.91 Å². The molecule has 0 aliphatic heterocycles. The third kappa shape index (κ3) is 3.11. The molecule has 0 heterocycles. The van der Waals surface area contributed by atoms with Gasteiger partial charge in [-0.2, -0.15) is 0 Å². The van der Waals surface area contributed by atoms with Crippen molar-refractivity contribution in [3.63, 3.8) is 0 Å². The number of benzene rings is 2. The van der Waals surface area contributed by atoms with Gasteiger partial charge in [-0.3, -0.25) is 4.79 Å². The quantitative estimate of drug-likeness (QED) is 0.783. The van der Waals surface area contributed by atoms with E-state index >= 15 is 0 Å². The summed E-state index contributed by atoms with van der Waals surface area (Å²) < 4.78 is 13.8. The van der Waals surface area contributed by atoms with Crippen molar-refractivity contribution in [1.82, 2.24) is 0 Å². The van der Waals surface area contributed by atoms with Crippen LogP contribution in [0.2, 0.25) is 5.02 Å². The Morgan fingerprint density at radius 2 is 2.05 bits per heavy atom. The molecule has 3 N–H and O–H groups in total. The van der Waals surface area contributed by atoms with E-state index in [9.17, 15) is 9.18 Å². The molecular formula is C14H11BrClFN2O. The standard InChI is InChI=1S/C14H11BrClFN2O/c1-7-4-9(15)11(17)6-13(7)19-14(20)8-2-3-12(18)10(16)5-8/h2-6H,18H2,1H3,(H,19,20). The molecular weight excluding hydrogens is 347 g/mol. The molecule has 3 nitrogen and oxygen atoms in total. The van der Waals surface area contributed by atoms with Gasteiger partial charge in [0.25, 0.3) is 5.91 Å². The number of hydrogen-bond donors (Lipinski definition) is 2. The average molecular weight is 358 g/mol. The van der Waals surface area contributed by atoms with Gasteiger partial charge in [-0.25, -0.2) is 4.39 Å². The number of aryl methyl sites for hydroxylation is 1. The molecule has 2 aromatic carbocycles. The summed E-state index contributed by atoms with van der Waals surface area (Å²) >= 11 is 8.96. The van der Waals surface area contributed by atoms with Gasteiger partial charge < -0.3 is 11.1 Å². The van der Waals surface area contributed by atoms with Crippen molar-refractivity contribution in [2.45, 2.75) is 6.92 Å². The number of nitrogens with two attached hydrogens (primary N) is 1. The molecule has 0 fully saturated rings. The summed E-state index contributed by atoms with van der Waals surface area (Å²) in [5.74, 6) is -0.821. The number of hydrogen-bond acceptors (Lipinski definition) is 2. The summed E-state index contributed by atoms with van der Waals surface area (Å²) in [6.07, 6.45) is 0. The zero-order valence-electron chi connectivity index (χ0n) is 10.5. The molecule has 0 spiro atoms. The van der Waals surface area contributed by atoms with Gasteiger partial charge in [0, 0.05) is 11.3 Å². The second-order valence-corrected chi connectivity index (χ2v) is 5.53. The molecule has 0 bridgehead atoms. The molecule has 104 valence electrons. The van der Waals surface area contributed by atoms with Crippen LogP contribution in [0.15, 0.2) is 34.8 Å². The molecule has 0 saturated carbocycles. The van der Waals surface area contributed by atoms with Crippen LogP contribution in [-0.2, 0) is 0 Å². The van der Waals surface area contributed by atoms with Crippen LogP contribution < -0.4 is 11.1 Å². The van der Waals surface area contributed by atoms with Gasteiger partial charge in [0.2, 0.25) is 0 Å². The van der Waals surface area contributed by atoms with Crippen LogP contribution in [0, 0.1) is 12.7 Å². The van der Waals surface area contributed by atoms with E-state index in [2.05, 4.69) is 21.2 Å². The zero-order valence-corrected chi connectivity index (χ0v) is 12.8. The van der Waals surface area contributed by atoms with Gasteiger partial charge in [0.1, 0.15) is 5.82 Å². The molecule has 0 aliphatic carbocycles. The first-order valence-corrected chi connectivity index (χ1v) is 6.87. The second-order valence-electron chi connectivity index (χ2n) is 4.27. The number of nitrogens with one attached hydrogen (secondary N) is 1. The van der Waals surface area contributed by atoms with Crippen molar-refractivity contribution in [2.75, 3.05) is 11.1 Å². The topological polar surface area (TPSA) is 55.1 Å². The van der Waals surface area contributed by atoms with Gasteiger partial charge >= 0.3 is 0 Å². The lowest BCUT2D eigenvalue weighted by Crippen LogP contribution is -2.13. The van der Waals surface area contributed by atoms with E-state index in [-0.39, 0.29) is 5.91 Å². The molecule has 0 aliphatic rings. The highest BCUT2D eigenvalue weighted by atomic mass is 79.9. The van der Waals surface area contributed by atoms with Gasteiger partial charge in [-0.05, 0) is 58.7 Å². The van der Waals surface area contributed by atoms with Crippen LogP contribution in [0.4, 0.5) is 15.8 Å². The summed E-state index contributed by atoms with van der Waals surface area (Å²) in [5, 5.41) is 2.94. The predicted octanol–water partition coefficient (Wildman–Crippen LogP) is 4.38. The molecule has 2 aromatic rings. The Balaban J connectivity index is 2.27. The van der Waals surface area contributed by atoms with E-state index < -0.39 is 5.82 Å². The Morgan fingerprint density at radius 1 is 1.35 bits per heavy atom. The Bertz CT molecular complexity index is 691. The lowest BCUT2D eigenvalue weighted by Gasteiger charge is -2.10. The zero-order chi connectivity index (χ0) is 14.9. The van der Waals surface area contributed by atoms with E-state index in [0.717, 1.165) is 5.56 Å². The van der Waals surface area contributed by atoms with Gasteiger partial charge in [0.15, 0.2) is 0 Å². The molecule has 20 heavy (non-hydrogen) atoms. The van der Waals surface area contributed by atoms with Gasteiger partial charge in [-0.15, -0.1) is 0 Å². The van der Waals surface area contributed by atoms with Crippen molar-refractivity contribution in [3.05, 3.63) is 56.8 Å². The fourth-order valence-corrected chi connectivity index (χ4v) is 2.28. The van der Waals surface area contributed by atoms with Crippen LogP contribution in [0.25, 0.3) is 0 Å². The first-order chi connectivity index (χ1) is 9.38. The summed E-state index contributed by atoms with van der Waals surface area (Å²) in [6, 6.07) is 7.43. The van der Waals surface area contributed by atoms with Gasteiger partial charge in [0.05, 0.1) is 15.2 Å². The third-order valence-corrected chi connectivity index (χ3v) is 3.71. The summed E-state index contributed by atoms with van der Waals surface area (Å²) in [5.41, 5.74) is 7.48. The van der Waals surface area contributed by atoms with E-state index in [1.165, 1.54) is 12.1 Å². The van der Waals surface area contributed by atoms with Crippen LogP contribution in [0.3, 0.4) is 0 Å². The fraction of sp³-hybridized carbons (Fsp3) is 0.0714. The molecule has 1 amide bonds. The van der Waals surface area contributed by atoms with Crippen molar-refractivity contribution in [1.29, 1.82) is 0 Å². The number of carbonyl (C=O) groups is 1. The van der Waals surface area contributed by atoms with E-state index in [1.807, 2.05) is 0 Å². The Labute approximate surface area is 129 Å². The average Bonchev–Trinajstić information content (AvgIpc) is 2.39. The van der Waals surface area contributed by atoms with Gasteiger partial charge in [-0.1, -0.05) is 11.6 Å². The normalized spacial score (nSPS) is 10.4. The number of halogens is 3. The Kier molecular flexibility index (Phi) is 4.30. The largest absolute Gasteiger partial charge is 0.398 e. The summed E-state index contributed by atoms with van der Waals surface area (Å²) in [6.45, 7) is 1.77. The second kappa shape index (κ2) is 5.81. The minimum atomic E-state index is -0.443. The monoisotopic (exact) mass is 356 g/mol. The smallest absolute Gasteiger partial charge is 0.255 e. The highest BCUT2D eigenvalue weighted by Gasteiger charge is 2.11. The maximum Gasteiger partial charge on any atom is 0.255 e. The molecule has 0 unspecified atom stereocenters. The molecule has 0 radical (unpaired) electrons. The van der Waals surface area contributed by atoms with Crippen molar-refractivity contribution >= 4 is 44.8 Å². The predicted molar refractivity (Wildman–Crippen MR) is 82.7 cm³/mol. The number of nitrogen functional groups attached to an aromatic ring is 1. The maximum atomic E-state index is 13.5. The van der Waals surface area contributed by atoms with E-state index in [0.29, 0.717) is 26.4 Å². The third-order valence-electron chi connectivity index (χ3n) is 2.78. The molecule has 0 saturated heterocycles. The van der Waals surface area contributed by atoms with Crippen LogP contribution in [0.1, 0.15) is 15.9 Å². The van der Waals surface area contributed by atoms with Crippen LogP contribution >= 0.6 is 27.5 Å². The fourth-order valence-electron chi connectivity index (χ4n) is 1.64. The van der Waals surface area contributed by atoms with Crippen molar-refractivity contribution in [2.24, 2.45) is 0 Å². The van der Waals surface area contributed by atoms with Crippen molar-refractivity contribution in [3.8, 4) is 0 Å². The van der Waals surface area contributed by atoms with Crippen molar-refractivity contribution < 1.29 is 9.18 Å². The molecule has 0 atom stereocenters. The van der Waals surface area contributed by atoms with E-state index in [1.54, 1.807) is 25.1 Å². The first-order valence-electron chi connectivity index (χ1n) is 5.70. The SMILES string of the molecule is Cc1cc(Br)c(F)cc1NC(=O)c1ccc(N)c(Cl)c1. The Morgan fingerprint density at radius 3 is 2.70 bits per heavy atom. The number of amides is 1. The number of anilines is 2. The Hall–Kier alpha value is -1.59. The lowest BCUT2D eigenvalue weighted by atomic mass is 10.1. The first kappa shape index (κ1) is 14.8. The summed E-state index contributed by atoms with van der Waals surface area (Å²) in [7, 11) is 0. The maximum absolute atomic E-state index is 13.5. The minimum Gasteiger partial charge on any atom is -0.398 e. The summed E-state index contributed by atoms with van der Waals surface area (Å²) in [4.78, 5) is 12.1. The molecule has 0 aromatic heterocycles. The van der Waals surface area contributed by atoms with E-state index in [4.69, 9.17) is 17.3 Å². The number of rotatable bonds is 2. The number of carbonyl (C=O) groups excluding carboxylic acids is 1. The minimum absolute atomic E-state index is 0.302.